The number of aromatic nitrogens is 3. The Morgan fingerprint density at radius 1 is 1.25 bits per heavy atom. The summed E-state index contributed by atoms with van der Waals surface area (Å²) in [6, 6.07) is 8.66. The maximum absolute atomic E-state index is 6.23. The van der Waals surface area contributed by atoms with Gasteiger partial charge in [-0.1, -0.05) is 49.9 Å². The van der Waals surface area contributed by atoms with Crippen molar-refractivity contribution in [1.29, 1.82) is 0 Å². The molecule has 1 atom stereocenters. The zero-order valence-electron chi connectivity index (χ0n) is 12.3. The van der Waals surface area contributed by atoms with E-state index in [-0.39, 0.29) is 6.04 Å². The third-order valence-corrected chi connectivity index (χ3v) is 4.27. The van der Waals surface area contributed by atoms with E-state index in [1.165, 1.54) is 11.1 Å². The minimum atomic E-state index is 0.0183. The van der Waals surface area contributed by atoms with Gasteiger partial charge in [-0.2, -0.15) is 0 Å². The smallest absolute Gasteiger partial charge is 0.190 e. The van der Waals surface area contributed by atoms with Crippen LogP contribution in [0.5, 0.6) is 0 Å². The summed E-state index contributed by atoms with van der Waals surface area (Å²) in [5.74, 6) is 1.48. The first kappa shape index (κ1) is 15.1. The first-order valence-corrected chi connectivity index (χ1v) is 7.86. The molecule has 0 aliphatic carbocycles. The van der Waals surface area contributed by atoms with Crippen molar-refractivity contribution in [3.05, 3.63) is 41.7 Å². The second-order valence-corrected chi connectivity index (χ2v) is 6.47. The quantitative estimate of drug-likeness (QED) is 0.831. The summed E-state index contributed by atoms with van der Waals surface area (Å²) in [5, 5.41) is 8.81. The summed E-state index contributed by atoms with van der Waals surface area (Å²) in [6.07, 6.45) is 2.82. The van der Waals surface area contributed by atoms with Crippen molar-refractivity contribution in [2.45, 2.75) is 31.5 Å². The van der Waals surface area contributed by atoms with Gasteiger partial charge in [0.15, 0.2) is 5.16 Å². The summed E-state index contributed by atoms with van der Waals surface area (Å²) in [5.41, 5.74) is 8.78. The van der Waals surface area contributed by atoms with Crippen LogP contribution >= 0.6 is 11.8 Å². The number of benzene rings is 1. The van der Waals surface area contributed by atoms with Crippen molar-refractivity contribution in [1.82, 2.24) is 14.8 Å². The molecule has 0 aliphatic rings. The van der Waals surface area contributed by atoms with Crippen molar-refractivity contribution in [2.24, 2.45) is 18.7 Å². The van der Waals surface area contributed by atoms with Gasteiger partial charge in [-0.05, 0) is 23.5 Å². The SMILES string of the molecule is CC(C)Cc1ccc(C(N)CSc2nncn2C)cc1. The number of rotatable bonds is 6. The molecular formula is C15H22N4S. The molecule has 0 fully saturated rings. The molecule has 1 unspecified atom stereocenters. The van der Waals surface area contributed by atoms with Crippen molar-refractivity contribution in [2.75, 3.05) is 5.75 Å². The molecule has 20 heavy (non-hydrogen) atoms. The fourth-order valence-electron chi connectivity index (χ4n) is 2.04. The van der Waals surface area contributed by atoms with Crippen LogP contribution in [0.25, 0.3) is 0 Å². The topological polar surface area (TPSA) is 56.7 Å². The van der Waals surface area contributed by atoms with E-state index in [1.807, 2.05) is 11.6 Å². The van der Waals surface area contributed by atoms with Gasteiger partial charge >= 0.3 is 0 Å². The average Bonchev–Trinajstić information content (AvgIpc) is 2.82. The molecule has 0 bridgehead atoms. The van der Waals surface area contributed by atoms with Gasteiger partial charge in [0.05, 0.1) is 0 Å². The van der Waals surface area contributed by atoms with E-state index in [2.05, 4.69) is 48.3 Å². The van der Waals surface area contributed by atoms with Crippen LogP contribution in [-0.4, -0.2) is 20.5 Å². The van der Waals surface area contributed by atoms with Crippen molar-refractivity contribution < 1.29 is 0 Å². The maximum atomic E-state index is 6.23. The molecule has 1 heterocycles. The lowest BCUT2D eigenvalue weighted by Crippen LogP contribution is -2.13. The van der Waals surface area contributed by atoms with Crippen molar-refractivity contribution >= 4 is 11.8 Å². The summed E-state index contributed by atoms with van der Waals surface area (Å²) in [4.78, 5) is 0. The van der Waals surface area contributed by atoms with E-state index in [1.54, 1.807) is 18.1 Å². The molecule has 0 radical (unpaired) electrons. The maximum Gasteiger partial charge on any atom is 0.190 e. The number of nitrogens with two attached hydrogens (primary N) is 1. The standard InChI is InChI=1S/C15H22N4S/c1-11(2)8-12-4-6-13(7-5-12)14(16)9-20-15-18-17-10-19(15)3/h4-7,10-11,14H,8-9,16H2,1-3H3. The lowest BCUT2D eigenvalue weighted by Gasteiger charge is -2.12. The average molecular weight is 290 g/mol. The van der Waals surface area contributed by atoms with Crippen LogP contribution in [0.3, 0.4) is 0 Å². The Morgan fingerprint density at radius 2 is 1.95 bits per heavy atom. The van der Waals surface area contributed by atoms with Gasteiger partial charge in [0.2, 0.25) is 0 Å². The molecule has 0 saturated carbocycles. The Hall–Kier alpha value is -1.33. The third kappa shape index (κ3) is 4.08. The number of hydrogen-bond acceptors (Lipinski definition) is 4. The normalized spacial score (nSPS) is 12.8. The number of hydrogen-bond donors (Lipinski definition) is 1. The largest absolute Gasteiger partial charge is 0.323 e. The molecule has 1 aromatic heterocycles. The Morgan fingerprint density at radius 3 is 2.50 bits per heavy atom. The van der Waals surface area contributed by atoms with Crippen LogP contribution in [0.1, 0.15) is 31.0 Å². The lowest BCUT2D eigenvalue weighted by atomic mass is 10.0. The molecule has 2 rings (SSSR count). The zero-order valence-corrected chi connectivity index (χ0v) is 13.1. The van der Waals surface area contributed by atoms with Crippen molar-refractivity contribution in [3.63, 3.8) is 0 Å². The first-order chi connectivity index (χ1) is 9.56. The minimum Gasteiger partial charge on any atom is -0.323 e. The predicted octanol–water partition coefficient (Wildman–Crippen LogP) is 2.81. The number of thioether (sulfide) groups is 1. The molecule has 2 aromatic rings. The van der Waals surface area contributed by atoms with E-state index in [0.29, 0.717) is 5.92 Å². The van der Waals surface area contributed by atoms with Crippen LogP contribution < -0.4 is 5.73 Å². The van der Waals surface area contributed by atoms with E-state index < -0.39 is 0 Å². The second kappa shape index (κ2) is 6.90. The van der Waals surface area contributed by atoms with Gasteiger partial charge in [0, 0.05) is 18.8 Å². The molecule has 0 amide bonds. The Kier molecular flexibility index (Phi) is 5.20. The zero-order chi connectivity index (χ0) is 14.5. The van der Waals surface area contributed by atoms with Gasteiger partial charge in [0.1, 0.15) is 6.33 Å². The monoisotopic (exact) mass is 290 g/mol. The molecular weight excluding hydrogens is 268 g/mol. The molecule has 2 N–H and O–H groups in total. The highest BCUT2D eigenvalue weighted by molar-refractivity contribution is 7.99. The Labute approximate surface area is 124 Å². The fraction of sp³-hybridized carbons (Fsp3) is 0.467. The van der Waals surface area contributed by atoms with Crippen molar-refractivity contribution in [3.8, 4) is 0 Å². The highest BCUT2D eigenvalue weighted by Gasteiger charge is 2.09. The summed E-state index contributed by atoms with van der Waals surface area (Å²) in [6.45, 7) is 4.47. The van der Waals surface area contributed by atoms with Gasteiger partial charge in [0.25, 0.3) is 0 Å². The Balaban J connectivity index is 1.92. The van der Waals surface area contributed by atoms with E-state index >= 15 is 0 Å². The highest BCUT2D eigenvalue weighted by Crippen LogP contribution is 2.22. The van der Waals surface area contributed by atoms with Crippen LogP contribution in [0.2, 0.25) is 0 Å². The van der Waals surface area contributed by atoms with Gasteiger partial charge in [-0.15, -0.1) is 10.2 Å². The van der Waals surface area contributed by atoms with E-state index in [0.717, 1.165) is 17.3 Å². The fourth-order valence-corrected chi connectivity index (χ4v) is 2.91. The third-order valence-electron chi connectivity index (χ3n) is 3.11. The molecule has 4 nitrogen and oxygen atoms in total. The number of aryl methyl sites for hydroxylation is 1. The lowest BCUT2D eigenvalue weighted by molar-refractivity contribution is 0.647. The Bertz CT molecular complexity index is 533. The molecule has 1 aromatic carbocycles. The molecule has 0 aliphatic heterocycles. The molecule has 5 heteroatoms. The molecule has 108 valence electrons. The second-order valence-electron chi connectivity index (χ2n) is 5.48. The van der Waals surface area contributed by atoms with E-state index in [4.69, 9.17) is 5.73 Å². The van der Waals surface area contributed by atoms with Crippen LogP contribution in [-0.2, 0) is 13.5 Å². The minimum absolute atomic E-state index is 0.0183. The predicted molar refractivity (Wildman–Crippen MR) is 83.6 cm³/mol. The van der Waals surface area contributed by atoms with E-state index in [9.17, 15) is 0 Å². The summed E-state index contributed by atoms with van der Waals surface area (Å²) < 4.78 is 1.91. The molecule has 0 saturated heterocycles. The first-order valence-electron chi connectivity index (χ1n) is 6.87. The van der Waals surface area contributed by atoms with Crippen LogP contribution in [0.15, 0.2) is 35.7 Å². The van der Waals surface area contributed by atoms with Crippen LogP contribution in [0.4, 0.5) is 0 Å². The summed E-state index contributed by atoms with van der Waals surface area (Å²) >= 11 is 1.64. The van der Waals surface area contributed by atoms with Gasteiger partial charge < -0.3 is 10.3 Å². The molecule has 0 spiro atoms. The number of nitrogens with zero attached hydrogens (tertiary/aromatic N) is 3. The highest BCUT2D eigenvalue weighted by atomic mass is 32.2. The van der Waals surface area contributed by atoms with Gasteiger partial charge in [-0.25, -0.2) is 0 Å². The van der Waals surface area contributed by atoms with Crippen LogP contribution in [0, 0.1) is 5.92 Å². The van der Waals surface area contributed by atoms with Gasteiger partial charge in [-0.3, -0.25) is 0 Å². The summed E-state index contributed by atoms with van der Waals surface area (Å²) in [7, 11) is 1.94.